The maximum atomic E-state index is 11.3. The van der Waals surface area contributed by atoms with Crippen LogP contribution in [0.15, 0.2) is 24.3 Å². The van der Waals surface area contributed by atoms with Crippen LogP contribution in [-0.2, 0) is 0 Å². The first-order valence-corrected chi connectivity index (χ1v) is 9.28. The van der Waals surface area contributed by atoms with Crippen molar-refractivity contribution in [2.45, 2.75) is 25.2 Å². The molecule has 1 saturated carbocycles. The summed E-state index contributed by atoms with van der Waals surface area (Å²) in [6.07, 6.45) is 3.17. The Bertz CT molecular complexity index is 825. The third-order valence-corrected chi connectivity index (χ3v) is 4.46. The van der Waals surface area contributed by atoms with Gasteiger partial charge < -0.3 is 15.5 Å². The van der Waals surface area contributed by atoms with Gasteiger partial charge in [-0.3, -0.25) is 10.1 Å². The molecule has 0 saturated heterocycles. The van der Waals surface area contributed by atoms with Gasteiger partial charge in [-0.25, -0.2) is 4.98 Å². The zero-order valence-corrected chi connectivity index (χ0v) is 16.2. The van der Waals surface area contributed by atoms with Crippen molar-refractivity contribution in [1.29, 1.82) is 0 Å². The first-order valence-electron chi connectivity index (χ1n) is 8.91. The molecule has 0 unspecified atom stereocenters. The van der Waals surface area contributed by atoms with E-state index in [1.165, 1.54) is 18.2 Å². The molecule has 0 amide bonds. The van der Waals surface area contributed by atoms with Crippen molar-refractivity contribution in [2.75, 3.05) is 37.8 Å². The number of aromatic nitrogens is 2. The fourth-order valence-corrected chi connectivity index (χ4v) is 2.87. The number of nitro groups is 1. The molecular formula is C18H23ClN6O2. The van der Waals surface area contributed by atoms with Gasteiger partial charge in [0.15, 0.2) is 0 Å². The van der Waals surface area contributed by atoms with Crippen LogP contribution < -0.4 is 10.6 Å². The van der Waals surface area contributed by atoms with Crippen molar-refractivity contribution >= 4 is 34.7 Å². The molecule has 8 nitrogen and oxygen atoms in total. The molecule has 27 heavy (non-hydrogen) atoms. The molecule has 1 heterocycles. The Morgan fingerprint density at radius 1 is 1.30 bits per heavy atom. The first-order chi connectivity index (χ1) is 12.9. The molecule has 0 aliphatic heterocycles. The lowest BCUT2D eigenvalue weighted by Crippen LogP contribution is -2.17. The molecule has 1 aromatic heterocycles. The van der Waals surface area contributed by atoms with E-state index in [2.05, 4.69) is 25.5 Å². The molecule has 0 spiro atoms. The normalized spacial score (nSPS) is 13.6. The molecule has 0 atom stereocenters. The average molecular weight is 391 g/mol. The van der Waals surface area contributed by atoms with Gasteiger partial charge in [0.05, 0.1) is 10.6 Å². The second-order valence-electron chi connectivity index (χ2n) is 6.90. The van der Waals surface area contributed by atoms with Crippen LogP contribution in [0.5, 0.6) is 0 Å². The molecule has 1 aromatic carbocycles. The van der Waals surface area contributed by atoms with Crippen molar-refractivity contribution in [3.05, 3.63) is 45.1 Å². The van der Waals surface area contributed by atoms with Crippen molar-refractivity contribution in [2.24, 2.45) is 0 Å². The van der Waals surface area contributed by atoms with Crippen LogP contribution in [-0.4, -0.2) is 47.0 Å². The lowest BCUT2D eigenvalue weighted by molar-refractivity contribution is -0.383. The summed E-state index contributed by atoms with van der Waals surface area (Å²) in [6, 6.07) is 6.27. The van der Waals surface area contributed by atoms with Crippen molar-refractivity contribution in [1.82, 2.24) is 14.9 Å². The van der Waals surface area contributed by atoms with E-state index in [0.29, 0.717) is 28.4 Å². The van der Waals surface area contributed by atoms with Gasteiger partial charge in [-0.1, -0.05) is 11.6 Å². The summed E-state index contributed by atoms with van der Waals surface area (Å²) in [4.78, 5) is 22.0. The molecule has 144 valence electrons. The van der Waals surface area contributed by atoms with Crippen LogP contribution in [0.1, 0.15) is 30.9 Å². The van der Waals surface area contributed by atoms with Crippen molar-refractivity contribution in [3.8, 4) is 0 Å². The van der Waals surface area contributed by atoms with E-state index in [0.717, 1.165) is 38.0 Å². The maximum Gasteiger partial charge on any atom is 0.292 e. The highest BCUT2D eigenvalue weighted by molar-refractivity contribution is 6.31. The number of benzene rings is 1. The van der Waals surface area contributed by atoms with Crippen LogP contribution >= 0.6 is 11.6 Å². The standard InChI is InChI=1S/C18H23ClN6O2/c1-24(2)9-3-8-20-18-22-14(12-4-5-12)11-17(23-18)21-15-10-13(19)6-7-16(15)25(26)27/h6-7,10-12H,3-5,8-9H2,1-2H3,(H2,20,21,22,23). The molecule has 1 fully saturated rings. The van der Waals surface area contributed by atoms with Gasteiger partial charge in [-0.15, -0.1) is 0 Å². The second-order valence-corrected chi connectivity index (χ2v) is 7.34. The van der Waals surface area contributed by atoms with Crippen molar-refractivity contribution < 1.29 is 4.92 Å². The Labute approximate surface area is 163 Å². The summed E-state index contributed by atoms with van der Waals surface area (Å²) in [5, 5.41) is 18.0. The molecule has 9 heteroatoms. The fourth-order valence-electron chi connectivity index (χ4n) is 2.70. The zero-order chi connectivity index (χ0) is 19.4. The molecule has 2 aromatic rings. The number of halogens is 1. The van der Waals surface area contributed by atoms with Gasteiger partial charge in [0.25, 0.3) is 5.69 Å². The fraction of sp³-hybridized carbons (Fsp3) is 0.444. The number of nitrogens with one attached hydrogen (secondary N) is 2. The number of rotatable bonds is 9. The highest BCUT2D eigenvalue weighted by Crippen LogP contribution is 2.40. The van der Waals surface area contributed by atoms with E-state index in [4.69, 9.17) is 11.6 Å². The number of nitro benzene ring substituents is 1. The molecule has 0 radical (unpaired) electrons. The van der Waals surface area contributed by atoms with Gasteiger partial charge in [-0.2, -0.15) is 4.98 Å². The molecule has 2 N–H and O–H groups in total. The first kappa shape index (κ1) is 19.3. The summed E-state index contributed by atoms with van der Waals surface area (Å²) < 4.78 is 0. The number of hydrogen-bond acceptors (Lipinski definition) is 7. The lowest BCUT2D eigenvalue weighted by Gasteiger charge is -2.13. The summed E-state index contributed by atoms with van der Waals surface area (Å²) in [7, 11) is 4.06. The lowest BCUT2D eigenvalue weighted by atomic mass is 10.2. The largest absolute Gasteiger partial charge is 0.354 e. The summed E-state index contributed by atoms with van der Waals surface area (Å²) in [6.45, 7) is 1.72. The third-order valence-electron chi connectivity index (χ3n) is 4.22. The number of hydrogen-bond donors (Lipinski definition) is 2. The minimum atomic E-state index is -0.442. The Morgan fingerprint density at radius 2 is 2.07 bits per heavy atom. The predicted octanol–water partition coefficient (Wildman–Crippen LogP) is 4.02. The van der Waals surface area contributed by atoms with Gasteiger partial charge in [0, 0.05) is 29.6 Å². The van der Waals surface area contributed by atoms with Crippen LogP contribution in [0.4, 0.5) is 23.1 Å². The molecule has 1 aliphatic carbocycles. The highest BCUT2D eigenvalue weighted by Gasteiger charge is 2.26. The van der Waals surface area contributed by atoms with E-state index in [1.54, 1.807) is 0 Å². The molecule has 1 aliphatic rings. The van der Waals surface area contributed by atoms with E-state index in [9.17, 15) is 10.1 Å². The molecule has 0 bridgehead atoms. The van der Waals surface area contributed by atoms with E-state index in [1.807, 2.05) is 20.2 Å². The molecular weight excluding hydrogens is 368 g/mol. The van der Waals surface area contributed by atoms with Crippen LogP contribution in [0.3, 0.4) is 0 Å². The van der Waals surface area contributed by atoms with Gasteiger partial charge in [0.1, 0.15) is 11.5 Å². The molecule has 3 rings (SSSR count). The van der Waals surface area contributed by atoms with Gasteiger partial charge >= 0.3 is 0 Å². The predicted molar refractivity (Wildman–Crippen MR) is 107 cm³/mol. The number of anilines is 3. The van der Waals surface area contributed by atoms with Crippen LogP contribution in [0.2, 0.25) is 5.02 Å². The van der Waals surface area contributed by atoms with E-state index in [-0.39, 0.29) is 5.69 Å². The second kappa shape index (κ2) is 8.49. The number of nitrogens with zero attached hydrogens (tertiary/aromatic N) is 4. The van der Waals surface area contributed by atoms with Gasteiger partial charge in [0.2, 0.25) is 5.95 Å². The third kappa shape index (κ3) is 5.51. The Hall–Kier alpha value is -2.45. The minimum absolute atomic E-state index is 0.0496. The highest BCUT2D eigenvalue weighted by atomic mass is 35.5. The quantitative estimate of drug-likeness (QED) is 0.379. The average Bonchev–Trinajstić information content (AvgIpc) is 3.43. The topological polar surface area (TPSA) is 96.2 Å². The smallest absolute Gasteiger partial charge is 0.292 e. The van der Waals surface area contributed by atoms with Crippen LogP contribution in [0.25, 0.3) is 0 Å². The Balaban J connectivity index is 1.80. The van der Waals surface area contributed by atoms with Gasteiger partial charge in [-0.05, 0) is 52.0 Å². The van der Waals surface area contributed by atoms with E-state index < -0.39 is 4.92 Å². The van der Waals surface area contributed by atoms with Crippen LogP contribution in [0, 0.1) is 10.1 Å². The summed E-state index contributed by atoms with van der Waals surface area (Å²) in [5.41, 5.74) is 1.21. The maximum absolute atomic E-state index is 11.3. The Morgan fingerprint density at radius 3 is 2.74 bits per heavy atom. The summed E-state index contributed by atoms with van der Waals surface area (Å²) in [5.74, 6) is 1.49. The summed E-state index contributed by atoms with van der Waals surface area (Å²) >= 11 is 6.01. The zero-order valence-electron chi connectivity index (χ0n) is 15.4. The SMILES string of the molecule is CN(C)CCCNc1nc(Nc2cc(Cl)ccc2[N+](=O)[O-])cc(C2CC2)n1. The minimum Gasteiger partial charge on any atom is -0.354 e. The van der Waals surface area contributed by atoms with Crippen molar-refractivity contribution in [3.63, 3.8) is 0 Å². The van der Waals surface area contributed by atoms with E-state index >= 15 is 0 Å². The Kier molecular flexibility index (Phi) is 6.08. The monoisotopic (exact) mass is 390 g/mol.